The Morgan fingerprint density at radius 3 is 2.35 bits per heavy atom. The summed E-state index contributed by atoms with van der Waals surface area (Å²) in [6.07, 6.45) is 0. The van der Waals surface area contributed by atoms with Crippen LogP contribution in [-0.4, -0.2) is 5.91 Å². The van der Waals surface area contributed by atoms with Crippen molar-refractivity contribution in [2.45, 2.75) is 13.5 Å². The maximum atomic E-state index is 13.0. The lowest BCUT2D eigenvalue weighted by atomic mass is 10.0. The van der Waals surface area contributed by atoms with Gasteiger partial charge >= 0.3 is 0 Å². The first kappa shape index (κ1) is 14.0. The van der Waals surface area contributed by atoms with Gasteiger partial charge in [0.05, 0.1) is 0 Å². The lowest BCUT2D eigenvalue weighted by Crippen LogP contribution is -2.11. The van der Waals surface area contributed by atoms with E-state index in [0.717, 1.165) is 17.2 Å². The predicted molar refractivity (Wildman–Crippen MR) is 73.4 cm³/mol. The number of nitrogens with one attached hydrogen (secondary N) is 1. The normalized spacial score (nSPS) is 10.3. The van der Waals surface area contributed by atoms with Gasteiger partial charge in [-0.2, -0.15) is 0 Å². The van der Waals surface area contributed by atoms with E-state index in [1.165, 1.54) is 12.1 Å². The SMILES string of the molecule is Cc1cc(C(N)=O)ccc1CNc1cc(F)cc(F)c1. The van der Waals surface area contributed by atoms with E-state index < -0.39 is 17.5 Å². The molecule has 0 spiro atoms. The monoisotopic (exact) mass is 276 g/mol. The second-order valence-electron chi connectivity index (χ2n) is 4.52. The summed E-state index contributed by atoms with van der Waals surface area (Å²) in [5, 5.41) is 2.94. The van der Waals surface area contributed by atoms with E-state index in [4.69, 9.17) is 5.73 Å². The van der Waals surface area contributed by atoms with Gasteiger partial charge in [0.15, 0.2) is 0 Å². The summed E-state index contributed by atoms with van der Waals surface area (Å²) in [5.41, 5.74) is 7.79. The summed E-state index contributed by atoms with van der Waals surface area (Å²) in [5.74, 6) is -1.75. The molecule has 5 heteroatoms. The number of amides is 1. The highest BCUT2D eigenvalue weighted by molar-refractivity contribution is 5.93. The molecule has 2 aromatic rings. The molecule has 0 saturated heterocycles. The van der Waals surface area contributed by atoms with Crippen molar-refractivity contribution in [3.8, 4) is 0 Å². The molecule has 2 rings (SSSR count). The van der Waals surface area contributed by atoms with Gasteiger partial charge in [-0.15, -0.1) is 0 Å². The van der Waals surface area contributed by atoms with Crippen LogP contribution in [0.1, 0.15) is 21.5 Å². The zero-order valence-electron chi connectivity index (χ0n) is 10.9. The molecule has 104 valence electrons. The maximum absolute atomic E-state index is 13.0. The Bertz CT molecular complexity index is 636. The molecule has 20 heavy (non-hydrogen) atoms. The van der Waals surface area contributed by atoms with Gasteiger partial charge in [0.2, 0.25) is 5.91 Å². The fourth-order valence-electron chi connectivity index (χ4n) is 1.90. The molecule has 0 aliphatic carbocycles. The molecular formula is C15H14F2N2O. The first-order chi connectivity index (χ1) is 9.45. The highest BCUT2D eigenvalue weighted by Gasteiger charge is 2.05. The van der Waals surface area contributed by atoms with Crippen LogP contribution in [0, 0.1) is 18.6 Å². The highest BCUT2D eigenvalue weighted by Crippen LogP contribution is 2.16. The quantitative estimate of drug-likeness (QED) is 0.902. The summed E-state index contributed by atoms with van der Waals surface area (Å²) in [6, 6.07) is 8.33. The number of carbonyl (C=O) groups excluding carboxylic acids is 1. The number of anilines is 1. The minimum atomic E-state index is -0.631. The molecule has 0 fully saturated rings. The fraction of sp³-hybridized carbons (Fsp3) is 0.133. The maximum Gasteiger partial charge on any atom is 0.248 e. The Hall–Kier alpha value is -2.43. The second-order valence-corrected chi connectivity index (χ2v) is 4.52. The zero-order chi connectivity index (χ0) is 14.7. The van der Waals surface area contributed by atoms with Gasteiger partial charge in [-0.3, -0.25) is 4.79 Å². The predicted octanol–water partition coefficient (Wildman–Crippen LogP) is 2.98. The third kappa shape index (κ3) is 3.32. The molecule has 0 bridgehead atoms. The van der Waals surface area contributed by atoms with Crippen LogP contribution in [0.5, 0.6) is 0 Å². The van der Waals surface area contributed by atoms with Crippen molar-refractivity contribution >= 4 is 11.6 Å². The number of hydrogen-bond acceptors (Lipinski definition) is 2. The molecule has 3 N–H and O–H groups in total. The number of rotatable bonds is 4. The van der Waals surface area contributed by atoms with E-state index in [9.17, 15) is 13.6 Å². The molecule has 0 heterocycles. The van der Waals surface area contributed by atoms with Crippen LogP contribution in [-0.2, 0) is 6.54 Å². The summed E-state index contributed by atoms with van der Waals surface area (Å²) in [4.78, 5) is 11.0. The van der Waals surface area contributed by atoms with Crippen molar-refractivity contribution in [2.75, 3.05) is 5.32 Å². The Labute approximate surface area is 115 Å². The largest absolute Gasteiger partial charge is 0.381 e. The van der Waals surface area contributed by atoms with Crippen molar-refractivity contribution in [3.63, 3.8) is 0 Å². The summed E-state index contributed by atoms with van der Waals surface area (Å²) in [6.45, 7) is 2.24. The Morgan fingerprint density at radius 1 is 1.15 bits per heavy atom. The molecule has 1 amide bonds. The van der Waals surface area contributed by atoms with Gasteiger partial charge in [0, 0.05) is 23.9 Å². The van der Waals surface area contributed by atoms with Gasteiger partial charge in [0.25, 0.3) is 0 Å². The fourth-order valence-corrected chi connectivity index (χ4v) is 1.90. The van der Waals surface area contributed by atoms with Crippen LogP contribution in [0.3, 0.4) is 0 Å². The van der Waals surface area contributed by atoms with E-state index in [2.05, 4.69) is 5.32 Å². The number of primary amides is 1. The molecule has 2 aromatic carbocycles. The smallest absolute Gasteiger partial charge is 0.248 e. The topological polar surface area (TPSA) is 55.1 Å². The number of carbonyl (C=O) groups is 1. The number of aryl methyl sites for hydroxylation is 1. The first-order valence-corrected chi connectivity index (χ1v) is 6.05. The van der Waals surface area contributed by atoms with Gasteiger partial charge < -0.3 is 11.1 Å². The average molecular weight is 276 g/mol. The van der Waals surface area contributed by atoms with Gasteiger partial charge in [0.1, 0.15) is 11.6 Å². The lowest BCUT2D eigenvalue weighted by Gasteiger charge is -2.10. The van der Waals surface area contributed by atoms with Crippen LogP contribution in [0.25, 0.3) is 0 Å². The molecule has 3 nitrogen and oxygen atoms in total. The van der Waals surface area contributed by atoms with Crippen LogP contribution in [0.4, 0.5) is 14.5 Å². The van der Waals surface area contributed by atoms with Crippen molar-refractivity contribution < 1.29 is 13.6 Å². The molecule has 0 aromatic heterocycles. The van der Waals surface area contributed by atoms with Crippen LogP contribution >= 0.6 is 0 Å². The standard InChI is InChI=1S/C15H14F2N2O/c1-9-4-10(15(18)20)2-3-11(9)8-19-14-6-12(16)5-13(17)7-14/h2-7,19H,8H2,1H3,(H2,18,20). The van der Waals surface area contributed by atoms with E-state index in [0.29, 0.717) is 17.8 Å². The number of halogens is 2. The van der Waals surface area contributed by atoms with Crippen molar-refractivity contribution in [1.29, 1.82) is 0 Å². The minimum absolute atomic E-state index is 0.362. The summed E-state index contributed by atoms with van der Waals surface area (Å²) >= 11 is 0. The highest BCUT2D eigenvalue weighted by atomic mass is 19.1. The molecular weight excluding hydrogens is 262 g/mol. The van der Waals surface area contributed by atoms with Gasteiger partial charge in [-0.1, -0.05) is 6.07 Å². The number of hydrogen-bond donors (Lipinski definition) is 2. The Morgan fingerprint density at radius 2 is 1.80 bits per heavy atom. The third-order valence-electron chi connectivity index (χ3n) is 2.97. The molecule has 0 unspecified atom stereocenters. The van der Waals surface area contributed by atoms with Crippen molar-refractivity contribution in [1.82, 2.24) is 0 Å². The summed E-state index contributed by atoms with van der Waals surface area (Å²) < 4.78 is 26.1. The minimum Gasteiger partial charge on any atom is -0.381 e. The second kappa shape index (κ2) is 5.69. The molecule has 0 saturated carbocycles. The third-order valence-corrected chi connectivity index (χ3v) is 2.97. The van der Waals surface area contributed by atoms with E-state index >= 15 is 0 Å². The van der Waals surface area contributed by atoms with Crippen molar-refractivity contribution in [2.24, 2.45) is 5.73 Å². The van der Waals surface area contributed by atoms with Gasteiger partial charge in [-0.05, 0) is 42.3 Å². The average Bonchev–Trinajstić information content (AvgIpc) is 2.36. The number of nitrogens with two attached hydrogens (primary N) is 1. The lowest BCUT2D eigenvalue weighted by molar-refractivity contribution is 0.1000. The first-order valence-electron chi connectivity index (χ1n) is 6.05. The van der Waals surface area contributed by atoms with E-state index in [1.54, 1.807) is 18.2 Å². The summed E-state index contributed by atoms with van der Waals surface area (Å²) in [7, 11) is 0. The number of benzene rings is 2. The van der Waals surface area contributed by atoms with Crippen LogP contribution < -0.4 is 11.1 Å². The Balaban J connectivity index is 2.12. The molecule has 0 radical (unpaired) electrons. The Kier molecular flexibility index (Phi) is 3.98. The van der Waals surface area contributed by atoms with Gasteiger partial charge in [-0.25, -0.2) is 8.78 Å². The van der Waals surface area contributed by atoms with Crippen LogP contribution in [0.2, 0.25) is 0 Å². The molecule has 0 atom stereocenters. The zero-order valence-corrected chi connectivity index (χ0v) is 10.9. The van der Waals surface area contributed by atoms with E-state index in [1.807, 2.05) is 6.92 Å². The van der Waals surface area contributed by atoms with Crippen molar-refractivity contribution in [3.05, 3.63) is 64.7 Å². The van der Waals surface area contributed by atoms with Crippen LogP contribution in [0.15, 0.2) is 36.4 Å². The molecule has 0 aliphatic heterocycles. The van der Waals surface area contributed by atoms with E-state index in [-0.39, 0.29) is 0 Å². The molecule has 0 aliphatic rings.